The van der Waals surface area contributed by atoms with E-state index in [1.807, 2.05) is 24.3 Å². The fourth-order valence-corrected chi connectivity index (χ4v) is 3.58. The summed E-state index contributed by atoms with van der Waals surface area (Å²) in [6.45, 7) is 0. The Kier molecular flexibility index (Phi) is 7.15. The van der Waals surface area contributed by atoms with Crippen LogP contribution in [0.25, 0.3) is 22.5 Å². The van der Waals surface area contributed by atoms with Gasteiger partial charge in [0, 0.05) is 41.7 Å². The second-order valence-electron chi connectivity index (χ2n) is 7.63. The summed E-state index contributed by atoms with van der Waals surface area (Å²) in [5, 5.41) is 10.5. The molecule has 0 bridgehead atoms. The fraction of sp³-hybridized carbons (Fsp3) is 0.192. The monoisotopic (exact) mass is 472 g/mol. The van der Waals surface area contributed by atoms with Gasteiger partial charge in [-0.15, -0.1) is 0 Å². The highest BCUT2D eigenvalue weighted by Gasteiger charge is 2.16. The molecular formula is C26H24N4O5. The number of H-pyrrole nitrogens is 1. The largest absolute Gasteiger partial charge is 0.497 e. The smallest absolute Gasteiger partial charge is 0.181 e. The molecule has 9 heteroatoms. The lowest BCUT2D eigenvalue weighted by molar-refractivity contribution is 0.0914. The van der Waals surface area contributed by atoms with Crippen molar-refractivity contribution < 1.29 is 23.8 Å². The van der Waals surface area contributed by atoms with Gasteiger partial charge in [-0.25, -0.2) is 4.98 Å². The van der Waals surface area contributed by atoms with E-state index in [2.05, 4.69) is 20.4 Å². The Morgan fingerprint density at radius 3 is 2.09 bits per heavy atom. The topological polar surface area (TPSA) is 116 Å². The van der Waals surface area contributed by atoms with Gasteiger partial charge in [0.05, 0.1) is 33.2 Å². The van der Waals surface area contributed by atoms with Gasteiger partial charge in [0.15, 0.2) is 23.1 Å². The van der Waals surface area contributed by atoms with Crippen LogP contribution in [0.2, 0.25) is 0 Å². The minimum Gasteiger partial charge on any atom is -0.497 e. The van der Waals surface area contributed by atoms with E-state index in [4.69, 9.17) is 14.2 Å². The summed E-state index contributed by atoms with van der Waals surface area (Å²) in [6.07, 6.45) is 1.69. The maximum absolute atomic E-state index is 12.9. The van der Waals surface area contributed by atoms with Crippen molar-refractivity contribution in [3.05, 3.63) is 72.1 Å². The van der Waals surface area contributed by atoms with Gasteiger partial charge < -0.3 is 14.2 Å². The quantitative estimate of drug-likeness (QED) is 0.338. The van der Waals surface area contributed by atoms with Crippen LogP contribution in [-0.4, -0.2) is 53.3 Å². The number of hydrogen-bond acceptors (Lipinski definition) is 8. The first-order chi connectivity index (χ1) is 17.0. The number of hydrogen-bond donors (Lipinski definition) is 1. The van der Waals surface area contributed by atoms with Gasteiger partial charge in [0.25, 0.3) is 0 Å². The molecule has 9 nitrogen and oxygen atoms in total. The predicted octanol–water partition coefficient (Wildman–Crippen LogP) is 4.41. The van der Waals surface area contributed by atoms with Crippen LogP contribution in [-0.2, 0) is 0 Å². The van der Waals surface area contributed by atoms with Gasteiger partial charge in [-0.1, -0.05) is 24.3 Å². The molecule has 0 unspecified atom stereocenters. The van der Waals surface area contributed by atoms with Crippen molar-refractivity contribution in [1.29, 1.82) is 0 Å². The third kappa shape index (κ3) is 5.35. The zero-order valence-electron chi connectivity index (χ0n) is 19.6. The Bertz CT molecular complexity index is 1330. The van der Waals surface area contributed by atoms with Gasteiger partial charge in [-0.3, -0.25) is 9.59 Å². The summed E-state index contributed by atoms with van der Waals surface area (Å²) in [5.74, 6) is 1.06. The Morgan fingerprint density at radius 2 is 1.46 bits per heavy atom. The molecular weight excluding hydrogens is 448 g/mol. The van der Waals surface area contributed by atoms with E-state index in [1.54, 1.807) is 36.5 Å². The number of aromatic amines is 1. The predicted molar refractivity (Wildman–Crippen MR) is 129 cm³/mol. The maximum atomic E-state index is 12.9. The van der Waals surface area contributed by atoms with Crippen molar-refractivity contribution >= 4 is 11.6 Å². The third-order valence-electron chi connectivity index (χ3n) is 5.50. The summed E-state index contributed by atoms with van der Waals surface area (Å²) in [5.41, 5.74) is 3.71. The number of nitrogens with zero attached hydrogens (tertiary/aromatic N) is 3. The first-order valence-corrected chi connectivity index (χ1v) is 10.8. The van der Waals surface area contributed by atoms with E-state index in [1.165, 1.54) is 21.3 Å². The number of benzene rings is 2. The molecule has 2 aromatic heterocycles. The van der Waals surface area contributed by atoms with Gasteiger partial charge in [-0.2, -0.15) is 15.4 Å². The van der Waals surface area contributed by atoms with E-state index in [0.29, 0.717) is 28.5 Å². The zero-order valence-corrected chi connectivity index (χ0v) is 19.6. The highest BCUT2D eigenvalue weighted by Crippen LogP contribution is 2.29. The minimum absolute atomic E-state index is 0.0118. The van der Waals surface area contributed by atoms with Crippen LogP contribution >= 0.6 is 0 Å². The Labute approximate surface area is 202 Å². The van der Waals surface area contributed by atoms with Crippen LogP contribution in [0.1, 0.15) is 33.7 Å². The molecule has 0 amide bonds. The average Bonchev–Trinajstić information content (AvgIpc) is 3.46. The molecule has 0 atom stereocenters. The summed E-state index contributed by atoms with van der Waals surface area (Å²) < 4.78 is 15.8. The van der Waals surface area contributed by atoms with Crippen molar-refractivity contribution in [2.45, 2.75) is 12.8 Å². The average molecular weight is 473 g/mol. The molecule has 0 saturated heterocycles. The van der Waals surface area contributed by atoms with Crippen molar-refractivity contribution in [2.75, 3.05) is 21.3 Å². The molecule has 35 heavy (non-hydrogen) atoms. The zero-order chi connectivity index (χ0) is 24.8. The summed E-state index contributed by atoms with van der Waals surface area (Å²) in [6, 6.07) is 15.8. The Hall–Kier alpha value is -4.53. The first-order valence-electron chi connectivity index (χ1n) is 10.8. The molecule has 0 fully saturated rings. The highest BCUT2D eigenvalue weighted by molar-refractivity contribution is 6.02. The van der Waals surface area contributed by atoms with Gasteiger partial charge in [0.1, 0.15) is 17.1 Å². The van der Waals surface area contributed by atoms with Crippen LogP contribution < -0.4 is 14.2 Å². The van der Waals surface area contributed by atoms with E-state index in [9.17, 15) is 9.59 Å². The summed E-state index contributed by atoms with van der Waals surface area (Å²) in [4.78, 5) is 30.1. The van der Waals surface area contributed by atoms with Crippen LogP contribution in [0.15, 0.2) is 60.8 Å². The minimum atomic E-state index is -0.252. The lowest BCUT2D eigenvalue weighted by Crippen LogP contribution is -2.08. The molecule has 0 aliphatic carbocycles. The SMILES string of the molecule is COc1cc(C(=O)CCC(=O)c2ccc(OC)c(OC)c2)nc(-c2ccc(-c3cn[nH]n3)cc2)c1. The normalized spacial score (nSPS) is 10.6. The number of carbonyl (C=O) groups excluding carboxylic acids is 2. The third-order valence-corrected chi connectivity index (χ3v) is 5.50. The number of ketones is 2. The number of aromatic nitrogens is 4. The van der Waals surface area contributed by atoms with Crippen LogP contribution in [0.3, 0.4) is 0 Å². The van der Waals surface area contributed by atoms with Crippen molar-refractivity contribution in [2.24, 2.45) is 0 Å². The summed E-state index contributed by atoms with van der Waals surface area (Å²) >= 11 is 0. The number of Topliss-reactive ketones (excluding diaryl/α,β-unsaturated/α-hetero) is 2. The number of carbonyl (C=O) groups is 2. The van der Waals surface area contributed by atoms with Gasteiger partial charge in [0.2, 0.25) is 0 Å². The van der Waals surface area contributed by atoms with Crippen molar-refractivity contribution in [3.8, 4) is 39.8 Å². The van der Waals surface area contributed by atoms with E-state index in [-0.39, 0.29) is 30.1 Å². The van der Waals surface area contributed by atoms with E-state index >= 15 is 0 Å². The van der Waals surface area contributed by atoms with Crippen LogP contribution in [0, 0.1) is 0 Å². The molecule has 0 radical (unpaired) electrons. The van der Waals surface area contributed by atoms with Gasteiger partial charge >= 0.3 is 0 Å². The standard InChI is InChI=1S/C26H24N4O5/c1-33-19-13-20(16-4-6-17(7-5-16)22-15-27-30-29-22)28-21(14-19)24(32)10-9-23(31)18-8-11-25(34-2)26(12-18)35-3/h4-8,11-15H,9-10H2,1-3H3,(H,27,29,30). The molecule has 0 spiro atoms. The van der Waals surface area contributed by atoms with Crippen LogP contribution in [0.4, 0.5) is 0 Å². The van der Waals surface area contributed by atoms with Gasteiger partial charge in [-0.05, 0) is 18.2 Å². The first kappa shape index (κ1) is 23.6. The Balaban J connectivity index is 1.50. The molecule has 178 valence electrons. The number of methoxy groups -OCH3 is 3. The Morgan fingerprint density at radius 1 is 0.771 bits per heavy atom. The maximum Gasteiger partial charge on any atom is 0.181 e. The van der Waals surface area contributed by atoms with E-state index < -0.39 is 0 Å². The second-order valence-corrected chi connectivity index (χ2v) is 7.63. The number of rotatable bonds is 10. The van der Waals surface area contributed by atoms with Crippen LogP contribution in [0.5, 0.6) is 17.2 Å². The fourth-order valence-electron chi connectivity index (χ4n) is 3.58. The molecule has 4 aromatic rings. The van der Waals surface area contributed by atoms with Crippen molar-refractivity contribution in [3.63, 3.8) is 0 Å². The summed E-state index contributed by atoms with van der Waals surface area (Å²) in [7, 11) is 4.56. The molecule has 2 aromatic carbocycles. The molecule has 1 N–H and O–H groups in total. The molecule has 4 rings (SSSR count). The van der Waals surface area contributed by atoms with E-state index in [0.717, 1.165) is 16.8 Å². The second kappa shape index (κ2) is 10.6. The molecule has 0 aliphatic heterocycles. The lowest BCUT2D eigenvalue weighted by Gasteiger charge is -2.10. The number of nitrogens with one attached hydrogen (secondary N) is 1. The number of pyridine rings is 1. The van der Waals surface area contributed by atoms with Crippen molar-refractivity contribution in [1.82, 2.24) is 20.4 Å². The lowest BCUT2D eigenvalue weighted by atomic mass is 10.0. The molecule has 2 heterocycles. The molecule has 0 saturated carbocycles. The molecule has 0 aliphatic rings. The highest BCUT2D eigenvalue weighted by atomic mass is 16.5. The number of ether oxygens (including phenoxy) is 3.